The van der Waals surface area contributed by atoms with Gasteiger partial charge in [-0.3, -0.25) is 4.90 Å². The van der Waals surface area contributed by atoms with Crippen molar-refractivity contribution in [1.82, 2.24) is 14.5 Å². The summed E-state index contributed by atoms with van der Waals surface area (Å²) in [5.74, 6) is 0. The minimum absolute atomic E-state index is 0.459. The summed E-state index contributed by atoms with van der Waals surface area (Å²) in [5.41, 5.74) is 1.02. The second kappa shape index (κ2) is 6.53. The lowest BCUT2D eigenvalue weighted by atomic mass is 10.3. The van der Waals surface area contributed by atoms with Crippen molar-refractivity contribution in [1.29, 1.82) is 0 Å². The predicted molar refractivity (Wildman–Crippen MR) is 82.6 cm³/mol. The molecule has 0 spiro atoms. The van der Waals surface area contributed by atoms with Gasteiger partial charge in [0.05, 0.1) is 0 Å². The normalized spacial score (nSPS) is 18.8. The Morgan fingerprint density at radius 1 is 1.30 bits per heavy atom. The van der Waals surface area contributed by atoms with Crippen molar-refractivity contribution in [2.24, 2.45) is 0 Å². The van der Waals surface area contributed by atoms with E-state index in [4.69, 9.17) is 0 Å². The fourth-order valence-corrected chi connectivity index (χ4v) is 5.16. The van der Waals surface area contributed by atoms with Crippen molar-refractivity contribution in [3.05, 3.63) is 17.0 Å². The van der Waals surface area contributed by atoms with Crippen LogP contribution in [0.3, 0.4) is 0 Å². The maximum atomic E-state index is 12.6. The lowest BCUT2D eigenvalue weighted by Crippen LogP contribution is -2.50. The van der Waals surface area contributed by atoms with Gasteiger partial charge in [0, 0.05) is 38.8 Å². The predicted octanol–water partition coefficient (Wildman–Crippen LogP) is 1.18. The topological polar surface area (TPSA) is 52.7 Å². The average molecular weight is 317 g/mol. The highest BCUT2D eigenvalue weighted by Crippen LogP contribution is 2.25. The van der Waals surface area contributed by atoms with Gasteiger partial charge in [-0.1, -0.05) is 0 Å². The van der Waals surface area contributed by atoms with Crippen LogP contribution in [-0.2, 0) is 16.6 Å². The first kappa shape index (κ1) is 15.9. The summed E-state index contributed by atoms with van der Waals surface area (Å²) in [5, 5.41) is 4.95. The lowest BCUT2D eigenvalue weighted by Gasteiger charge is -2.35. The molecule has 0 atom stereocenters. The molecule has 1 aliphatic heterocycles. The van der Waals surface area contributed by atoms with Gasteiger partial charge in [0.2, 0.25) is 0 Å². The Hall–Kier alpha value is -0.470. The molecule has 1 N–H and O–H groups in total. The molecule has 1 aromatic heterocycles. The van der Waals surface area contributed by atoms with Gasteiger partial charge >= 0.3 is 0 Å². The quantitative estimate of drug-likeness (QED) is 0.886. The smallest absolute Gasteiger partial charge is 0.252 e. The van der Waals surface area contributed by atoms with Crippen LogP contribution in [0.25, 0.3) is 0 Å². The van der Waals surface area contributed by atoms with E-state index in [0.29, 0.717) is 29.9 Å². The highest BCUT2D eigenvalue weighted by Gasteiger charge is 2.30. The summed E-state index contributed by atoms with van der Waals surface area (Å²) in [6.45, 7) is 7.78. The molecule has 0 aliphatic carbocycles. The minimum atomic E-state index is -3.31. The first-order chi connectivity index (χ1) is 9.45. The fourth-order valence-electron chi connectivity index (χ4n) is 2.37. The molecule has 0 amide bonds. The molecule has 0 aromatic carbocycles. The Morgan fingerprint density at radius 2 is 1.95 bits per heavy atom. The molecular formula is C13H23N3O2S2. The monoisotopic (exact) mass is 317 g/mol. The molecule has 7 heteroatoms. The SMILES string of the molecule is CNCc1csc(S(=O)(=O)N2CCN(C(C)C)CC2)c1. The molecule has 2 rings (SSSR count). The fraction of sp³-hybridized carbons (Fsp3) is 0.692. The summed E-state index contributed by atoms with van der Waals surface area (Å²) in [6.07, 6.45) is 0. The molecule has 1 saturated heterocycles. The molecule has 0 unspecified atom stereocenters. The van der Waals surface area contributed by atoms with Gasteiger partial charge in [0.25, 0.3) is 10.0 Å². The van der Waals surface area contributed by atoms with Crippen molar-refractivity contribution in [3.63, 3.8) is 0 Å². The number of nitrogens with one attached hydrogen (secondary N) is 1. The van der Waals surface area contributed by atoms with Crippen LogP contribution in [0.5, 0.6) is 0 Å². The van der Waals surface area contributed by atoms with Gasteiger partial charge < -0.3 is 5.32 Å². The summed E-state index contributed by atoms with van der Waals surface area (Å²) in [6, 6.07) is 2.26. The maximum Gasteiger partial charge on any atom is 0.252 e. The Morgan fingerprint density at radius 3 is 2.50 bits per heavy atom. The van der Waals surface area contributed by atoms with Gasteiger partial charge in [-0.25, -0.2) is 8.42 Å². The molecule has 20 heavy (non-hydrogen) atoms. The third-order valence-corrected chi connectivity index (χ3v) is 6.97. The molecule has 114 valence electrons. The van der Waals surface area contributed by atoms with Crippen LogP contribution < -0.4 is 5.32 Å². The minimum Gasteiger partial charge on any atom is -0.316 e. The van der Waals surface area contributed by atoms with Gasteiger partial charge in [0.1, 0.15) is 4.21 Å². The zero-order valence-corrected chi connectivity index (χ0v) is 13.9. The van der Waals surface area contributed by atoms with Crippen LogP contribution in [0.1, 0.15) is 19.4 Å². The number of nitrogens with zero attached hydrogens (tertiary/aromatic N) is 2. The summed E-state index contributed by atoms with van der Waals surface area (Å²) >= 11 is 1.31. The molecule has 0 bridgehead atoms. The molecule has 0 saturated carbocycles. The van der Waals surface area contributed by atoms with Crippen LogP contribution in [0.2, 0.25) is 0 Å². The van der Waals surface area contributed by atoms with Gasteiger partial charge in [-0.2, -0.15) is 4.31 Å². The first-order valence-corrected chi connectivity index (χ1v) is 9.23. The number of sulfonamides is 1. The van der Waals surface area contributed by atoms with E-state index in [1.807, 2.05) is 12.4 Å². The Bertz CT molecular complexity index is 532. The zero-order chi connectivity index (χ0) is 14.8. The van der Waals surface area contributed by atoms with E-state index in [2.05, 4.69) is 24.1 Å². The molecular weight excluding hydrogens is 294 g/mol. The highest BCUT2D eigenvalue weighted by atomic mass is 32.2. The average Bonchev–Trinajstić information content (AvgIpc) is 2.88. The second-order valence-electron chi connectivity index (χ2n) is 5.34. The summed E-state index contributed by atoms with van der Waals surface area (Å²) in [4.78, 5) is 2.31. The molecule has 1 fully saturated rings. The third-order valence-electron chi connectivity index (χ3n) is 3.61. The van der Waals surface area contributed by atoms with Crippen LogP contribution in [0.15, 0.2) is 15.7 Å². The van der Waals surface area contributed by atoms with Gasteiger partial charge in [-0.05, 0) is 37.9 Å². The Balaban J connectivity index is 2.07. The summed E-state index contributed by atoms with van der Waals surface area (Å²) < 4.78 is 27.2. The van der Waals surface area contributed by atoms with Crippen LogP contribution in [-0.4, -0.2) is 56.9 Å². The molecule has 2 heterocycles. The van der Waals surface area contributed by atoms with E-state index in [1.54, 1.807) is 10.4 Å². The van der Waals surface area contributed by atoms with Crippen molar-refractivity contribution in [2.75, 3.05) is 33.2 Å². The van der Waals surface area contributed by atoms with Crippen molar-refractivity contribution < 1.29 is 8.42 Å². The maximum absolute atomic E-state index is 12.6. The largest absolute Gasteiger partial charge is 0.316 e. The molecule has 1 aliphatic rings. The third kappa shape index (κ3) is 3.40. The number of thiophene rings is 1. The first-order valence-electron chi connectivity index (χ1n) is 6.91. The Kier molecular flexibility index (Phi) is 5.19. The standard InChI is InChI=1S/C13H23N3O2S2/c1-11(2)15-4-6-16(7-5-15)20(17,18)13-8-12(9-14-3)10-19-13/h8,10-11,14H,4-7,9H2,1-3H3. The van der Waals surface area contributed by atoms with E-state index in [-0.39, 0.29) is 0 Å². The number of piperazine rings is 1. The zero-order valence-electron chi connectivity index (χ0n) is 12.3. The van der Waals surface area contributed by atoms with E-state index in [9.17, 15) is 8.42 Å². The van der Waals surface area contributed by atoms with Crippen LogP contribution in [0.4, 0.5) is 0 Å². The van der Waals surface area contributed by atoms with E-state index in [1.165, 1.54) is 11.3 Å². The van der Waals surface area contributed by atoms with Crippen molar-refractivity contribution >= 4 is 21.4 Å². The van der Waals surface area contributed by atoms with Gasteiger partial charge in [-0.15, -0.1) is 11.3 Å². The van der Waals surface area contributed by atoms with Crippen LogP contribution in [0, 0.1) is 0 Å². The number of rotatable bonds is 5. The molecule has 0 radical (unpaired) electrons. The van der Waals surface area contributed by atoms with Crippen molar-refractivity contribution in [2.45, 2.75) is 30.6 Å². The number of hydrogen-bond acceptors (Lipinski definition) is 5. The second-order valence-corrected chi connectivity index (χ2v) is 8.41. The van der Waals surface area contributed by atoms with Crippen molar-refractivity contribution in [3.8, 4) is 0 Å². The van der Waals surface area contributed by atoms with E-state index < -0.39 is 10.0 Å². The lowest BCUT2D eigenvalue weighted by molar-refractivity contribution is 0.154. The highest BCUT2D eigenvalue weighted by molar-refractivity contribution is 7.91. The molecule has 1 aromatic rings. The summed E-state index contributed by atoms with van der Waals surface area (Å²) in [7, 11) is -1.45. The van der Waals surface area contributed by atoms with Gasteiger partial charge in [0.15, 0.2) is 0 Å². The molecule has 5 nitrogen and oxygen atoms in total. The van der Waals surface area contributed by atoms with Crippen LogP contribution >= 0.6 is 11.3 Å². The number of hydrogen-bond donors (Lipinski definition) is 1. The Labute approximate surface area is 125 Å². The van der Waals surface area contributed by atoms with E-state index >= 15 is 0 Å². The van der Waals surface area contributed by atoms with E-state index in [0.717, 1.165) is 18.7 Å².